The molecular weight excluding hydrogens is 192 g/mol. The molecule has 0 bridgehead atoms. The minimum absolute atomic E-state index is 0.0296. The Morgan fingerprint density at radius 3 is 2.93 bits per heavy atom. The van der Waals surface area contributed by atoms with Gasteiger partial charge in [-0.2, -0.15) is 0 Å². The van der Waals surface area contributed by atoms with Crippen molar-refractivity contribution < 1.29 is 9.21 Å². The molecule has 0 aromatic carbocycles. The van der Waals surface area contributed by atoms with Crippen molar-refractivity contribution in [2.24, 2.45) is 0 Å². The standard InChI is InChI=1S/C11H16N2O2/c1-7-5-10(8(2)15-7)11(14)13-9-3-4-12-6-9/h5,9,12H,3-4,6H2,1-2H3,(H,13,14)/t9-/m1/s1. The number of aryl methyl sites for hydroxylation is 2. The summed E-state index contributed by atoms with van der Waals surface area (Å²) in [5.41, 5.74) is 0.652. The minimum atomic E-state index is -0.0296. The first-order chi connectivity index (χ1) is 7.16. The predicted octanol–water partition coefficient (Wildman–Crippen LogP) is 0.988. The third-order valence-electron chi connectivity index (χ3n) is 2.68. The Balaban J connectivity index is 2.03. The average molecular weight is 208 g/mol. The molecule has 4 heteroatoms. The molecule has 15 heavy (non-hydrogen) atoms. The van der Waals surface area contributed by atoms with E-state index in [0.29, 0.717) is 11.3 Å². The number of amides is 1. The lowest BCUT2D eigenvalue weighted by molar-refractivity contribution is 0.0938. The second-order valence-electron chi connectivity index (χ2n) is 3.99. The fraction of sp³-hybridized carbons (Fsp3) is 0.545. The second-order valence-corrected chi connectivity index (χ2v) is 3.99. The third-order valence-corrected chi connectivity index (χ3v) is 2.68. The van der Waals surface area contributed by atoms with E-state index in [2.05, 4.69) is 10.6 Å². The Kier molecular flexibility index (Phi) is 2.77. The van der Waals surface area contributed by atoms with Gasteiger partial charge >= 0.3 is 0 Å². The molecule has 0 radical (unpaired) electrons. The van der Waals surface area contributed by atoms with Gasteiger partial charge in [-0.25, -0.2) is 0 Å². The average Bonchev–Trinajstić information content (AvgIpc) is 2.75. The van der Waals surface area contributed by atoms with Gasteiger partial charge in [0.05, 0.1) is 5.56 Å². The van der Waals surface area contributed by atoms with Gasteiger partial charge in [0.2, 0.25) is 0 Å². The summed E-state index contributed by atoms with van der Waals surface area (Å²) in [6, 6.07) is 2.04. The van der Waals surface area contributed by atoms with Crippen LogP contribution in [0.3, 0.4) is 0 Å². The first-order valence-corrected chi connectivity index (χ1v) is 5.25. The van der Waals surface area contributed by atoms with E-state index in [1.807, 2.05) is 13.8 Å². The summed E-state index contributed by atoms with van der Waals surface area (Å²) in [5, 5.41) is 6.20. The van der Waals surface area contributed by atoms with Crippen LogP contribution in [0.15, 0.2) is 10.5 Å². The molecule has 82 valence electrons. The third kappa shape index (κ3) is 2.21. The molecule has 2 N–H and O–H groups in total. The lowest BCUT2D eigenvalue weighted by Crippen LogP contribution is -2.36. The van der Waals surface area contributed by atoms with Crippen LogP contribution in [0.4, 0.5) is 0 Å². The predicted molar refractivity (Wildman–Crippen MR) is 56.9 cm³/mol. The molecule has 1 fully saturated rings. The SMILES string of the molecule is Cc1cc(C(=O)N[C@@H]2CCNC2)c(C)o1. The van der Waals surface area contributed by atoms with E-state index >= 15 is 0 Å². The monoisotopic (exact) mass is 208 g/mol. The number of nitrogens with one attached hydrogen (secondary N) is 2. The summed E-state index contributed by atoms with van der Waals surface area (Å²) in [4.78, 5) is 11.8. The normalized spacial score (nSPS) is 20.5. The maximum Gasteiger partial charge on any atom is 0.255 e. The summed E-state index contributed by atoms with van der Waals surface area (Å²) >= 11 is 0. The Hall–Kier alpha value is -1.29. The highest BCUT2D eigenvalue weighted by Crippen LogP contribution is 2.13. The molecule has 4 nitrogen and oxygen atoms in total. The Labute approximate surface area is 89.0 Å². The summed E-state index contributed by atoms with van der Waals surface area (Å²) in [5.74, 6) is 1.44. The van der Waals surface area contributed by atoms with Crippen LogP contribution in [0.1, 0.15) is 28.3 Å². The van der Waals surface area contributed by atoms with E-state index in [-0.39, 0.29) is 11.9 Å². The van der Waals surface area contributed by atoms with Gasteiger partial charge in [-0.15, -0.1) is 0 Å². The van der Waals surface area contributed by atoms with Gasteiger partial charge in [0.15, 0.2) is 0 Å². The van der Waals surface area contributed by atoms with Crippen LogP contribution >= 0.6 is 0 Å². The van der Waals surface area contributed by atoms with E-state index in [9.17, 15) is 4.79 Å². The quantitative estimate of drug-likeness (QED) is 0.762. The number of furan rings is 1. The Morgan fingerprint density at radius 1 is 1.60 bits per heavy atom. The van der Waals surface area contributed by atoms with Crippen LogP contribution in [0.25, 0.3) is 0 Å². The van der Waals surface area contributed by atoms with E-state index in [1.165, 1.54) is 0 Å². The molecular formula is C11H16N2O2. The van der Waals surface area contributed by atoms with Gasteiger partial charge in [-0.3, -0.25) is 4.79 Å². The van der Waals surface area contributed by atoms with Crippen molar-refractivity contribution in [3.8, 4) is 0 Å². The number of rotatable bonds is 2. The molecule has 2 heterocycles. The van der Waals surface area contributed by atoms with E-state index in [4.69, 9.17) is 4.42 Å². The second kappa shape index (κ2) is 4.06. The molecule has 0 saturated carbocycles. The van der Waals surface area contributed by atoms with Crippen LogP contribution in [-0.2, 0) is 0 Å². The fourth-order valence-electron chi connectivity index (χ4n) is 1.90. The Morgan fingerprint density at radius 2 is 2.40 bits per heavy atom. The summed E-state index contributed by atoms with van der Waals surface area (Å²) < 4.78 is 5.32. The molecule has 1 atom stereocenters. The zero-order valence-corrected chi connectivity index (χ0v) is 9.09. The number of carbonyl (C=O) groups excluding carboxylic acids is 1. The number of hydrogen-bond acceptors (Lipinski definition) is 3. The molecule has 1 aliphatic rings. The molecule has 0 spiro atoms. The molecule has 0 unspecified atom stereocenters. The van der Waals surface area contributed by atoms with Crippen molar-refractivity contribution in [3.63, 3.8) is 0 Å². The summed E-state index contributed by atoms with van der Waals surface area (Å²) in [6.45, 7) is 5.51. The molecule has 2 rings (SSSR count). The van der Waals surface area contributed by atoms with Gasteiger partial charge in [0.25, 0.3) is 5.91 Å². The molecule has 1 aromatic rings. The summed E-state index contributed by atoms with van der Waals surface area (Å²) in [7, 11) is 0. The fourth-order valence-corrected chi connectivity index (χ4v) is 1.90. The van der Waals surface area contributed by atoms with Crippen molar-refractivity contribution in [3.05, 3.63) is 23.2 Å². The van der Waals surface area contributed by atoms with Crippen molar-refractivity contribution in [1.82, 2.24) is 10.6 Å². The molecule has 1 saturated heterocycles. The van der Waals surface area contributed by atoms with Crippen LogP contribution < -0.4 is 10.6 Å². The molecule has 0 aliphatic carbocycles. The van der Waals surface area contributed by atoms with Gasteiger partial charge in [0.1, 0.15) is 11.5 Å². The zero-order chi connectivity index (χ0) is 10.8. The highest BCUT2D eigenvalue weighted by molar-refractivity contribution is 5.95. The molecule has 1 aromatic heterocycles. The molecule has 1 amide bonds. The van der Waals surface area contributed by atoms with Crippen LogP contribution in [0.5, 0.6) is 0 Å². The highest BCUT2D eigenvalue weighted by Gasteiger charge is 2.20. The first-order valence-electron chi connectivity index (χ1n) is 5.25. The van der Waals surface area contributed by atoms with E-state index in [1.54, 1.807) is 6.07 Å². The molecule has 1 aliphatic heterocycles. The smallest absolute Gasteiger partial charge is 0.255 e. The Bertz CT molecular complexity index is 365. The van der Waals surface area contributed by atoms with Crippen LogP contribution in [-0.4, -0.2) is 25.0 Å². The van der Waals surface area contributed by atoms with Crippen molar-refractivity contribution in [1.29, 1.82) is 0 Å². The van der Waals surface area contributed by atoms with E-state index in [0.717, 1.165) is 25.3 Å². The highest BCUT2D eigenvalue weighted by atomic mass is 16.3. The maximum atomic E-state index is 11.8. The van der Waals surface area contributed by atoms with Crippen molar-refractivity contribution >= 4 is 5.91 Å². The zero-order valence-electron chi connectivity index (χ0n) is 9.09. The van der Waals surface area contributed by atoms with Crippen LogP contribution in [0, 0.1) is 13.8 Å². The van der Waals surface area contributed by atoms with Crippen LogP contribution in [0.2, 0.25) is 0 Å². The largest absolute Gasteiger partial charge is 0.466 e. The van der Waals surface area contributed by atoms with Crippen molar-refractivity contribution in [2.45, 2.75) is 26.3 Å². The summed E-state index contributed by atoms with van der Waals surface area (Å²) in [6.07, 6.45) is 1.00. The van der Waals surface area contributed by atoms with Gasteiger partial charge < -0.3 is 15.1 Å². The van der Waals surface area contributed by atoms with Gasteiger partial charge in [-0.1, -0.05) is 0 Å². The number of hydrogen-bond donors (Lipinski definition) is 2. The van der Waals surface area contributed by atoms with Crippen molar-refractivity contribution in [2.75, 3.05) is 13.1 Å². The van der Waals surface area contributed by atoms with Gasteiger partial charge in [0, 0.05) is 12.6 Å². The minimum Gasteiger partial charge on any atom is -0.466 e. The lowest BCUT2D eigenvalue weighted by Gasteiger charge is -2.10. The first kappa shape index (κ1) is 10.2. The lowest BCUT2D eigenvalue weighted by atomic mass is 10.2. The topological polar surface area (TPSA) is 54.3 Å². The number of carbonyl (C=O) groups is 1. The van der Waals surface area contributed by atoms with E-state index < -0.39 is 0 Å². The van der Waals surface area contributed by atoms with Gasteiger partial charge in [-0.05, 0) is 32.9 Å². The maximum absolute atomic E-state index is 11.8.